The van der Waals surface area contributed by atoms with Crippen LogP contribution in [0, 0.1) is 19.7 Å². The number of methoxy groups -OCH3 is 1. The average Bonchev–Trinajstić information content (AvgIpc) is 3.35. The second-order valence-corrected chi connectivity index (χ2v) is 7.71. The van der Waals surface area contributed by atoms with Gasteiger partial charge in [0.25, 0.3) is 5.91 Å². The maximum Gasteiger partial charge on any atom is 0.340 e. The monoisotopic (exact) mass is 430 g/mol. The predicted molar refractivity (Wildman–Crippen MR) is 112 cm³/mol. The summed E-state index contributed by atoms with van der Waals surface area (Å²) in [4.78, 5) is 29.4. The van der Waals surface area contributed by atoms with Crippen molar-refractivity contribution in [2.24, 2.45) is 0 Å². The number of ether oxygens (including phenoxy) is 2. The lowest BCUT2D eigenvalue weighted by molar-refractivity contribution is 0.0387. The molecule has 3 aromatic rings. The first-order chi connectivity index (χ1) is 14.4. The van der Waals surface area contributed by atoms with Crippen LogP contribution in [0.2, 0.25) is 0 Å². The number of hydrogen-bond donors (Lipinski definition) is 2. The first-order valence-electron chi connectivity index (χ1n) is 9.37. The Morgan fingerprint density at radius 3 is 2.53 bits per heavy atom. The number of esters is 1. The molecule has 158 valence electrons. The van der Waals surface area contributed by atoms with Gasteiger partial charge in [0, 0.05) is 17.7 Å². The van der Waals surface area contributed by atoms with E-state index in [1.54, 1.807) is 26.0 Å². The number of amides is 1. The van der Waals surface area contributed by atoms with Crippen molar-refractivity contribution in [3.63, 3.8) is 0 Å². The van der Waals surface area contributed by atoms with Crippen molar-refractivity contribution >= 4 is 23.2 Å². The summed E-state index contributed by atoms with van der Waals surface area (Å²) >= 11 is 1.49. The predicted octanol–water partition coefficient (Wildman–Crippen LogP) is 4.15. The largest absolute Gasteiger partial charge is 0.460 e. The molecular formula is C22H23FN2O4S. The van der Waals surface area contributed by atoms with Gasteiger partial charge in [-0.25, -0.2) is 9.18 Å². The van der Waals surface area contributed by atoms with Gasteiger partial charge in [0.05, 0.1) is 18.2 Å². The van der Waals surface area contributed by atoms with E-state index in [0.717, 1.165) is 10.4 Å². The third kappa shape index (κ3) is 4.77. The molecule has 2 heterocycles. The minimum Gasteiger partial charge on any atom is -0.460 e. The molecule has 0 saturated heterocycles. The van der Waals surface area contributed by atoms with E-state index in [0.29, 0.717) is 23.4 Å². The van der Waals surface area contributed by atoms with Crippen LogP contribution in [-0.4, -0.2) is 37.2 Å². The number of benzene rings is 1. The maximum absolute atomic E-state index is 13.4. The minimum absolute atomic E-state index is 0.131. The highest BCUT2D eigenvalue weighted by molar-refractivity contribution is 7.10. The Bertz CT molecular complexity index is 1010. The molecule has 6 nitrogen and oxygen atoms in total. The normalized spacial score (nSPS) is 11.9. The molecule has 0 aliphatic heterocycles. The van der Waals surface area contributed by atoms with Crippen molar-refractivity contribution in [3.8, 4) is 0 Å². The van der Waals surface area contributed by atoms with Crippen LogP contribution in [0.25, 0.3) is 0 Å². The van der Waals surface area contributed by atoms with E-state index in [1.165, 1.54) is 30.6 Å². The number of carbonyl (C=O) groups excluding carboxylic acids is 2. The number of hydrogen-bond acceptors (Lipinski definition) is 5. The fourth-order valence-electron chi connectivity index (χ4n) is 3.21. The van der Waals surface area contributed by atoms with Gasteiger partial charge in [-0.3, -0.25) is 4.79 Å². The van der Waals surface area contributed by atoms with E-state index in [4.69, 9.17) is 9.47 Å². The summed E-state index contributed by atoms with van der Waals surface area (Å²) in [6.07, 6.45) is 0. The summed E-state index contributed by atoms with van der Waals surface area (Å²) in [6.45, 7) is 3.84. The van der Waals surface area contributed by atoms with Gasteiger partial charge in [0.2, 0.25) is 0 Å². The van der Waals surface area contributed by atoms with Gasteiger partial charge in [0.1, 0.15) is 18.1 Å². The molecule has 0 radical (unpaired) electrons. The maximum atomic E-state index is 13.4. The molecule has 1 amide bonds. The Hall–Kier alpha value is -2.97. The van der Waals surface area contributed by atoms with Gasteiger partial charge in [-0.15, -0.1) is 11.3 Å². The van der Waals surface area contributed by atoms with Gasteiger partial charge in [-0.1, -0.05) is 18.2 Å². The number of nitrogens with one attached hydrogen (secondary N) is 2. The van der Waals surface area contributed by atoms with E-state index in [9.17, 15) is 14.0 Å². The van der Waals surface area contributed by atoms with Crippen molar-refractivity contribution in [2.75, 3.05) is 20.3 Å². The molecule has 2 N–H and O–H groups in total. The Labute approximate surface area is 178 Å². The van der Waals surface area contributed by atoms with Crippen LogP contribution in [0.15, 0.2) is 41.8 Å². The van der Waals surface area contributed by atoms with Crippen LogP contribution in [-0.2, 0) is 9.47 Å². The zero-order chi connectivity index (χ0) is 21.7. The lowest BCUT2D eigenvalue weighted by Crippen LogP contribution is -2.29. The molecule has 2 aromatic heterocycles. The summed E-state index contributed by atoms with van der Waals surface area (Å²) < 4.78 is 23.4. The first kappa shape index (κ1) is 21.7. The van der Waals surface area contributed by atoms with Crippen molar-refractivity contribution in [1.29, 1.82) is 0 Å². The van der Waals surface area contributed by atoms with E-state index in [-0.39, 0.29) is 24.0 Å². The lowest BCUT2D eigenvalue weighted by atomic mass is 10.0. The van der Waals surface area contributed by atoms with Crippen LogP contribution >= 0.6 is 11.3 Å². The number of aromatic amines is 1. The molecule has 8 heteroatoms. The number of aromatic nitrogens is 1. The van der Waals surface area contributed by atoms with Crippen LogP contribution in [0.4, 0.5) is 4.39 Å². The quantitative estimate of drug-likeness (QED) is 0.416. The highest BCUT2D eigenvalue weighted by atomic mass is 32.1. The minimum atomic E-state index is -0.509. The number of carbonyl (C=O) groups is 2. The first-order valence-corrected chi connectivity index (χ1v) is 10.2. The van der Waals surface area contributed by atoms with Crippen molar-refractivity contribution in [2.45, 2.75) is 19.9 Å². The highest BCUT2D eigenvalue weighted by Crippen LogP contribution is 2.27. The summed E-state index contributed by atoms with van der Waals surface area (Å²) in [5.74, 6) is -1.22. The number of thiophene rings is 1. The zero-order valence-electron chi connectivity index (χ0n) is 17.0. The van der Waals surface area contributed by atoms with E-state index >= 15 is 0 Å². The summed E-state index contributed by atoms with van der Waals surface area (Å²) in [5, 5.41) is 4.90. The third-order valence-electron chi connectivity index (χ3n) is 4.70. The molecule has 1 aromatic carbocycles. The topological polar surface area (TPSA) is 80.4 Å². The molecule has 3 rings (SSSR count). The highest BCUT2D eigenvalue weighted by Gasteiger charge is 2.25. The van der Waals surface area contributed by atoms with Gasteiger partial charge in [-0.05, 0) is 48.6 Å². The van der Waals surface area contributed by atoms with Crippen molar-refractivity contribution in [3.05, 3.63) is 80.6 Å². The molecule has 0 fully saturated rings. The van der Waals surface area contributed by atoms with E-state index in [2.05, 4.69) is 10.3 Å². The Kier molecular flexibility index (Phi) is 7.02. The second kappa shape index (κ2) is 9.69. The molecule has 0 bridgehead atoms. The standard InChI is InChI=1S/C22H23FN2O4S/c1-13-18(22(27)29-11-10-28-3)14(2)24-19(13)21(26)25-20(17-5-4-12-30-17)15-6-8-16(23)9-7-15/h4-9,12,20,24H,10-11H2,1-3H3,(H,25,26). The second-order valence-electron chi connectivity index (χ2n) is 6.73. The third-order valence-corrected chi connectivity index (χ3v) is 5.63. The number of H-pyrrole nitrogens is 1. The number of halogens is 1. The van der Waals surface area contributed by atoms with Gasteiger partial charge >= 0.3 is 5.97 Å². The lowest BCUT2D eigenvalue weighted by Gasteiger charge is -2.18. The smallest absolute Gasteiger partial charge is 0.340 e. The fraction of sp³-hybridized carbons (Fsp3) is 0.273. The average molecular weight is 431 g/mol. The van der Waals surface area contributed by atoms with Crippen LogP contribution in [0.3, 0.4) is 0 Å². The van der Waals surface area contributed by atoms with Crippen LogP contribution < -0.4 is 5.32 Å². The number of aryl methyl sites for hydroxylation is 1. The Morgan fingerprint density at radius 1 is 1.17 bits per heavy atom. The summed E-state index contributed by atoms with van der Waals surface area (Å²) in [6, 6.07) is 9.36. The van der Waals surface area contributed by atoms with Crippen LogP contribution in [0.5, 0.6) is 0 Å². The molecule has 30 heavy (non-hydrogen) atoms. The molecule has 0 saturated carbocycles. The Morgan fingerprint density at radius 2 is 1.90 bits per heavy atom. The van der Waals surface area contributed by atoms with Crippen molar-refractivity contribution < 1.29 is 23.5 Å². The molecular weight excluding hydrogens is 407 g/mol. The molecule has 0 spiro atoms. The van der Waals surface area contributed by atoms with E-state index < -0.39 is 12.0 Å². The Balaban J connectivity index is 1.85. The molecule has 0 aliphatic carbocycles. The number of rotatable bonds is 8. The SMILES string of the molecule is COCCOC(=O)c1c(C)[nH]c(C(=O)NC(c2ccc(F)cc2)c2cccs2)c1C. The van der Waals surface area contributed by atoms with E-state index in [1.807, 2.05) is 17.5 Å². The summed E-state index contributed by atoms with van der Waals surface area (Å²) in [7, 11) is 1.52. The molecule has 0 aliphatic rings. The van der Waals surface area contributed by atoms with Gasteiger partial charge in [0.15, 0.2) is 0 Å². The fourth-order valence-corrected chi connectivity index (χ4v) is 4.01. The van der Waals surface area contributed by atoms with Gasteiger partial charge in [-0.2, -0.15) is 0 Å². The van der Waals surface area contributed by atoms with Crippen LogP contribution in [0.1, 0.15) is 48.6 Å². The van der Waals surface area contributed by atoms with Gasteiger partial charge < -0.3 is 19.8 Å². The molecule has 1 unspecified atom stereocenters. The summed E-state index contributed by atoms with van der Waals surface area (Å²) in [5.41, 5.74) is 2.44. The molecule has 1 atom stereocenters. The zero-order valence-corrected chi connectivity index (χ0v) is 17.8. The van der Waals surface area contributed by atoms with Crippen molar-refractivity contribution in [1.82, 2.24) is 10.3 Å².